The number of nitrogens with zero attached hydrogens (tertiary/aromatic N) is 2. The Kier molecular flexibility index (Phi) is 3.59. The normalized spacial score (nSPS) is 10.4. The summed E-state index contributed by atoms with van der Waals surface area (Å²) >= 11 is 0. The van der Waals surface area contributed by atoms with Crippen LogP contribution in [0.4, 0.5) is 10.7 Å². The molecule has 0 radical (unpaired) electrons. The molecular weight excluding hydrogens is 218 g/mol. The van der Waals surface area contributed by atoms with Crippen LogP contribution < -0.4 is 5.32 Å². The first-order chi connectivity index (χ1) is 8.31. The van der Waals surface area contributed by atoms with Gasteiger partial charge in [-0.05, 0) is 18.6 Å². The SMILES string of the molecule is CCCCOC(=O)Nc1ncc2ccccn12. The maximum Gasteiger partial charge on any atom is 0.413 e. The largest absolute Gasteiger partial charge is 0.449 e. The van der Waals surface area contributed by atoms with Crippen LogP contribution in [-0.2, 0) is 4.74 Å². The number of ether oxygens (including phenoxy) is 1. The molecule has 0 unspecified atom stereocenters. The average molecular weight is 233 g/mol. The van der Waals surface area contributed by atoms with E-state index in [1.807, 2.05) is 31.3 Å². The Bertz CT molecular complexity index is 507. The van der Waals surface area contributed by atoms with Gasteiger partial charge >= 0.3 is 6.09 Å². The van der Waals surface area contributed by atoms with Crippen molar-refractivity contribution in [3.8, 4) is 0 Å². The molecule has 2 aromatic rings. The fraction of sp³-hybridized carbons (Fsp3) is 0.333. The first-order valence-corrected chi connectivity index (χ1v) is 5.67. The van der Waals surface area contributed by atoms with Crippen LogP contribution in [-0.4, -0.2) is 22.1 Å². The molecule has 0 fully saturated rings. The summed E-state index contributed by atoms with van der Waals surface area (Å²) < 4.78 is 6.79. The number of rotatable bonds is 4. The highest BCUT2D eigenvalue weighted by Gasteiger charge is 2.07. The maximum absolute atomic E-state index is 11.4. The van der Waals surface area contributed by atoms with E-state index in [1.165, 1.54) is 0 Å². The van der Waals surface area contributed by atoms with Gasteiger partial charge in [-0.25, -0.2) is 9.78 Å². The van der Waals surface area contributed by atoms with Crippen molar-refractivity contribution >= 4 is 17.6 Å². The van der Waals surface area contributed by atoms with Crippen molar-refractivity contribution in [2.75, 3.05) is 11.9 Å². The topological polar surface area (TPSA) is 55.6 Å². The molecule has 0 aliphatic carbocycles. The molecule has 1 N–H and O–H groups in total. The number of pyridine rings is 1. The van der Waals surface area contributed by atoms with Crippen molar-refractivity contribution in [3.63, 3.8) is 0 Å². The smallest absolute Gasteiger partial charge is 0.413 e. The second kappa shape index (κ2) is 5.34. The first-order valence-electron chi connectivity index (χ1n) is 5.67. The fourth-order valence-electron chi connectivity index (χ4n) is 1.47. The minimum atomic E-state index is -0.463. The molecule has 2 rings (SSSR count). The number of aromatic nitrogens is 2. The van der Waals surface area contributed by atoms with Crippen molar-refractivity contribution in [2.45, 2.75) is 19.8 Å². The minimum absolute atomic E-state index is 0.436. The number of anilines is 1. The number of unbranched alkanes of at least 4 members (excludes halogenated alkanes) is 1. The summed E-state index contributed by atoms with van der Waals surface area (Å²) in [6, 6.07) is 5.71. The summed E-state index contributed by atoms with van der Waals surface area (Å²) in [6.07, 6.45) is 4.94. The molecule has 0 aromatic carbocycles. The van der Waals surface area contributed by atoms with Crippen LogP contribution in [0.5, 0.6) is 0 Å². The zero-order valence-corrected chi connectivity index (χ0v) is 9.72. The van der Waals surface area contributed by atoms with Crippen LogP contribution in [0.15, 0.2) is 30.6 Å². The van der Waals surface area contributed by atoms with Gasteiger partial charge < -0.3 is 4.74 Å². The van der Waals surface area contributed by atoms with Crippen LogP contribution in [0.2, 0.25) is 0 Å². The van der Waals surface area contributed by atoms with Crippen LogP contribution >= 0.6 is 0 Å². The van der Waals surface area contributed by atoms with Gasteiger partial charge in [0.05, 0.1) is 18.3 Å². The lowest BCUT2D eigenvalue weighted by atomic mass is 10.4. The van der Waals surface area contributed by atoms with Gasteiger partial charge in [0.25, 0.3) is 0 Å². The summed E-state index contributed by atoms with van der Waals surface area (Å²) in [6.45, 7) is 2.48. The van der Waals surface area contributed by atoms with Crippen LogP contribution in [0, 0.1) is 0 Å². The van der Waals surface area contributed by atoms with E-state index in [-0.39, 0.29) is 0 Å². The molecular formula is C12H15N3O2. The summed E-state index contributed by atoms with van der Waals surface area (Å²) in [4.78, 5) is 15.6. The summed E-state index contributed by atoms with van der Waals surface area (Å²) in [5.41, 5.74) is 0.927. The van der Waals surface area contributed by atoms with Gasteiger partial charge in [-0.15, -0.1) is 0 Å². The molecule has 5 nitrogen and oxygen atoms in total. The van der Waals surface area contributed by atoms with E-state index >= 15 is 0 Å². The molecule has 0 saturated heterocycles. The van der Waals surface area contributed by atoms with Crippen LogP contribution in [0.25, 0.3) is 5.52 Å². The van der Waals surface area contributed by atoms with Gasteiger partial charge in [0.1, 0.15) is 0 Å². The Labute approximate surface area is 99.4 Å². The molecule has 1 amide bonds. The van der Waals surface area contributed by atoms with E-state index in [9.17, 15) is 4.79 Å². The zero-order chi connectivity index (χ0) is 12.1. The van der Waals surface area contributed by atoms with Gasteiger partial charge in [0.15, 0.2) is 0 Å². The second-order valence-electron chi connectivity index (χ2n) is 3.69. The van der Waals surface area contributed by atoms with E-state index in [0.717, 1.165) is 18.4 Å². The van der Waals surface area contributed by atoms with Gasteiger partial charge in [-0.3, -0.25) is 9.72 Å². The van der Waals surface area contributed by atoms with Crippen LogP contribution in [0.3, 0.4) is 0 Å². The van der Waals surface area contributed by atoms with E-state index in [1.54, 1.807) is 10.6 Å². The molecule has 0 aliphatic rings. The predicted octanol–water partition coefficient (Wildman–Crippen LogP) is 2.68. The maximum atomic E-state index is 11.4. The third-order valence-corrected chi connectivity index (χ3v) is 2.38. The first kappa shape index (κ1) is 11.4. The lowest BCUT2D eigenvalue weighted by Crippen LogP contribution is -2.16. The average Bonchev–Trinajstić information content (AvgIpc) is 2.73. The highest BCUT2D eigenvalue weighted by Crippen LogP contribution is 2.10. The Hall–Kier alpha value is -2.04. The summed E-state index contributed by atoms with van der Waals surface area (Å²) in [7, 11) is 0. The number of nitrogens with one attached hydrogen (secondary N) is 1. The summed E-state index contributed by atoms with van der Waals surface area (Å²) in [5.74, 6) is 0.474. The molecule has 5 heteroatoms. The van der Waals surface area contributed by atoms with Gasteiger partial charge in [0.2, 0.25) is 5.95 Å². The molecule has 0 atom stereocenters. The zero-order valence-electron chi connectivity index (χ0n) is 9.72. The molecule has 0 aliphatic heterocycles. The van der Waals surface area contributed by atoms with Crippen molar-refractivity contribution in [3.05, 3.63) is 30.6 Å². The highest BCUT2D eigenvalue weighted by atomic mass is 16.5. The highest BCUT2D eigenvalue weighted by molar-refractivity contribution is 5.83. The van der Waals surface area contributed by atoms with Crippen molar-refractivity contribution < 1.29 is 9.53 Å². The Morgan fingerprint density at radius 1 is 1.53 bits per heavy atom. The third-order valence-electron chi connectivity index (χ3n) is 2.38. The molecule has 2 aromatic heterocycles. The molecule has 0 saturated carbocycles. The molecule has 0 spiro atoms. The van der Waals surface area contributed by atoms with E-state index < -0.39 is 6.09 Å². The lowest BCUT2D eigenvalue weighted by Gasteiger charge is -2.05. The monoisotopic (exact) mass is 233 g/mol. The van der Waals surface area contributed by atoms with Gasteiger partial charge in [-0.1, -0.05) is 19.4 Å². The Balaban J connectivity index is 2.01. The standard InChI is InChI=1S/C12H15N3O2/c1-2-3-8-17-12(16)14-11-13-9-10-6-4-5-7-15(10)11/h4-7,9H,2-3,8H2,1H3,(H,13,14,16). The number of hydrogen-bond donors (Lipinski definition) is 1. The molecule has 90 valence electrons. The van der Waals surface area contributed by atoms with Gasteiger partial charge in [0, 0.05) is 6.20 Å². The summed E-state index contributed by atoms with van der Waals surface area (Å²) in [5, 5.41) is 2.61. The van der Waals surface area contributed by atoms with Crippen molar-refractivity contribution in [1.82, 2.24) is 9.38 Å². The fourth-order valence-corrected chi connectivity index (χ4v) is 1.47. The molecule has 0 bridgehead atoms. The predicted molar refractivity (Wildman–Crippen MR) is 65.1 cm³/mol. The Morgan fingerprint density at radius 3 is 3.24 bits per heavy atom. The number of amides is 1. The molecule has 17 heavy (non-hydrogen) atoms. The number of hydrogen-bond acceptors (Lipinski definition) is 3. The lowest BCUT2D eigenvalue weighted by molar-refractivity contribution is 0.159. The van der Waals surface area contributed by atoms with Crippen LogP contribution in [0.1, 0.15) is 19.8 Å². The van der Waals surface area contributed by atoms with Crippen molar-refractivity contribution in [2.24, 2.45) is 0 Å². The third kappa shape index (κ3) is 2.75. The second-order valence-corrected chi connectivity index (χ2v) is 3.69. The number of carbonyl (C=O) groups excluding carboxylic acids is 1. The number of imidazole rings is 1. The minimum Gasteiger partial charge on any atom is -0.449 e. The van der Waals surface area contributed by atoms with E-state index in [0.29, 0.717) is 12.6 Å². The van der Waals surface area contributed by atoms with Crippen molar-refractivity contribution in [1.29, 1.82) is 0 Å². The molecule has 2 heterocycles. The number of carbonyl (C=O) groups is 1. The van der Waals surface area contributed by atoms with E-state index in [2.05, 4.69) is 10.3 Å². The quantitative estimate of drug-likeness (QED) is 0.826. The van der Waals surface area contributed by atoms with E-state index in [4.69, 9.17) is 4.74 Å². The Morgan fingerprint density at radius 2 is 2.41 bits per heavy atom. The van der Waals surface area contributed by atoms with Gasteiger partial charge in [-0.2, -0.15) is 0 Å². The number of fused-ring (bicyclic) bond motifs is 1.